The van der Waals surface area contributed by atoms with E-state index in [1.165, 1.54) is 19.8 Å². The van der Waals surface area contributed by atoms with Crippen LogP contribution in [0.25, 0.3) is 0 Å². The molecule has 1 aliphatic rings. The highest BCUT2D eigenvalue weighted by Gasteiger charge is 2.50. The van der Waals surface area contributed by atoms with Gasteiger partial charge < -0.3 is 13.6 Å². The molecule has 34 heavy (non-hydrogen) atoms. The van der Waals surface area contributed by atoms with Crippen molar-refractivity contribution in [1.29, 1.82) is 0 Å². The average Bonchev–Trinajstić information content (AvgIpc) is 2.92. The third kappa shape index (κ3) is 8.46. The summed E-state index contributed by atoms with van der Waals surface area (Å²) in [5.74, 6) is -0.369. The Hall–Kier alpha value is -0.696. The van der Waals surface area contributed by atoms with Crippen molar-refractivity contribution in [2.75, 3.05) is 0 Å². The van der Waals surface area contributed by atoms with Crippen LogP contribution in [0.3, 0.4) is 0 Å². The number of allylic oxidation sites excluding steroid dienone is 1. The Morgan fingerprint density at radius 3 is 2.03 bits per heavy atom. The van der Waals surface area contributed by atoms with Crippen molar-refractivity contribution in [1.82, 2.24) is 0 Å². The molecule has 4 nitrogen and oxygen atoms in total. The van der Waals surface area contributed by atoms with E-state index in [0.717, 1.165) is 24.8 Å². The van der Waals surface area contributed by atoms with E-state index in [9.17, 15) is 4.79 Å². The molecule has 1 rings (SSSR count). The molecule has 0 aromatic carbocycles. The first-order valence-corrected chi connectivity index (χ1v) is 19.0. The Morgan fingerprint density at radius 2 is 1.56 bits per heavy atom. The van der Waals surface area contributed by atoms with Gasteiger partial charge in [0.25, 0.3) is 0 Å². The highest BCUT2D eigenvalue weighted by Crippen LogP contribution is 2.47. The molecule has 0 aromatic rings. The highest BCUT2D eigenvalue weighted by atomic mass is 28.4. The van der Waals surface area contributed by atoms with E-state index in [2.05, 4.69) is 93.4 Å². The van der Waals surface area contributed by atoms with Crippen LogP contribution in [0.1, 0.15) is 87.5 Å². The predicted octanol–water partition coefficient (Wildman–Crippen LogP) is 8.41. The van der Waals surface area contributed by atoms with E-state index in [1.54, 1.807) is 0 Å². The first-order valence-electron chi connectivity index (χ1n) is 13.2. The van der Waals surface area contributed by atoms with Gasteiger partial charge in [-0.05, 0) is 60.8 Å². The minimum absolute atomic E-state index is 0.0761. The summed E-state index contributed by atoms with van der Waals surface area (Å²) in [5.41, 5.74) is 1.01. The average molecular weight is 511 g/mol. The Kier molecular flexibility index (Phi) is 11.1. The van der Waals surface area contributed by atoms with Gasteiger partial charge in [0.2, 0.25) is 0 Å². The molecule has 0 saturated heterocycles. The fourth-order valence-electron chi connectivity index (χ4n) is 3.88. The van der Waals surface area contributed by atoms with Crippen molar-refractivity contribution in [3.05, 3.63) is 24.3 Å². The zero-order valence-electron chi connectivity index (χ0n) is 24.3. The SMILES string of the molecule is C=C1[C@@H]([C@H](/C=C/CCCCC)OC(C)=O)[C@H](O[Si](C)(C)C(C)(C)C)C[C@@H]1O[Si](C)(C)C(C)(C)C. The Balaban J connectivity index is 3.33. The fourth-order valence-corrected chi connectivity index (χ4v) is 6.55. The number of ether oxygens (including phenoxy) is 1. The van der Waals surface area contributed by atoms with Crippen LogP contribution in [0, 0.1) is 5.92 Å². The monoisotopic (exact) mass is 510 g/mol. The van der Waals surface area contributed by atoms with Gasteiger partial charge in [-0.3, -0.25) is 4.79 Å². The lowest BCUT2D eigenvalue weighted by Crippen LogP contribution is -2.46. The third-order valence-electron chi connectivity index (χ3n) is 8.14. The summed E-state index contributed by atoms with van der Waals surface area (Å²) in [7, 11) is -4.05. The van der Waals surface area contributed by atoms with Crippen molar-refractivity contribution in [2.45, 2.75) is 142 Å². The fraction of sp³-hybridized carbons (Fsp3) is 0.821. The van der Waals surface area contributed by atoms with E-state index < -0.39 is 16.6 Å². The maximum atomic E-state index is 12.1. The molecule has 0 unspecified atom stereocenters. The van der Waals surface area contributed by atoms with Crippen LogP contribution in [0.4, 0.5) is 0 Å². The van der Waals surface area contributed by atoms with Crippen molar-refractivity contribution in [2.24, 2.45) is 5.92 Å². The third-order valence-corrected chi connectivity index (χ3v) is 17.1. The summed E-state index contributed by atoms with van der Waals surface area (Å²) < 4.78 is 19.7. The van der Waals surface area contributed by atoms with Crippen molar-refractivity contribution in [3.63, 3.8) is 0 Å². The van der Waals surface area contributed by atoms with Gasteiger partial charge in [-0.15, -0.1) is 0 Å². The lowest BCUT2D eigenvalue weighted by Gasteiger charge is -2.40. The number of hydrogen-bond acceptors (Lipinski definition) is 4. The van der Waals surface area contributed by atoms with Crippen molar-refractivity contribution in [3.8, 4) is 0 Å². The Morgan fingerprint density at radius 1 is 1.03 bits per heavy atom. The minimum Gasteiger partial charge on any atom is -0.458 e. The zero-order valence-corrected chi connectivity index (χ0v) is 26.3. The van der Waals surface area contributed by atoms with Crippen LogP contribution in [0.5, 0.6) is 0 Å². The van der Waals surface area contributed by atoms with E-state index in [0.29, 0.717) is 0 Å². The first-order chi connectivity index (χ1) is 15.3. The molecule has 0 heterocycles. The van der Waals surface area contributed by atoms with Gasteiger partial charge in [-0.2, -0.15) is 0 Å². The molecule has 4 atom stereocenters. The van der Waals surface area contributed by atoms with Crippen LogP contribution in [-0.2, 0) is 18.4 Å². The van der Waals surface area contributed by atoms with Crippen LogP contribution in [0.2, 0.25) is 36.3 Å². The quantitative estimate of drug-likeness (QED) is 0.121. The van der Waals surface area contributed by atoms with Crippen LogP contribution < -0.4 is 0 Å². The van der Waals surface area contributed by atoms with Gasteiger partial charge >= 0.3 is 5.97 Å². The largest absolute Gasteiger partial charge is 0.458 e. The molecule has 1 fully saturated rings. The maximum Gasteiger partial charge on any atom is 0.303 e. The molecular weight excluding hydrogens is 456 g/mol. The molecule has 0 amide bonds. The molecule has 6 heteroatoms. The van der Waals surface area contributed by atoms with E-state index in [-0.39, 0.29) is 40.3 Å². The molecule has 1 aliphatic carbocycles. The molecule has 0 radical (unpaired) electrons. The number of rotatable bonds is 11. The smallest absolute Gasteiger partial charge is 0.303 e. The topological polar surface area (TPSA) is 44.8 Å². The minimum atomic E-state index is -2.05. The summed E-state index contributed by atoms with van der Waals surface area (Å²) in [6.45, 7) is 30.9. The molecule has 0 N–H and O–H groups in total. The maximum absolute atomic E-state index is 12.1. The van der Waals surface area contributed by atoms with Gasteiger partial charge in [0.1, 0.15) is 6.10 Å². The number of hydrogen-bond donors (Lipinski definition) is 0. The predicted molar refractivity (Wildman–Crippen MR) is 150 cm³/mol. The van der Waals surface area contributed by atoms with E-state index >= 15 is 0 Å². The van der Waals surface area contributed by atoms with Gasteiger partial charge in [-0.25, -0.2) is 0 Å². The summed E-state index contributed by atoms with van der Waals surface area (Å²) >= 11 is 0. The molecule has 0 spiro atoms. The summed E-state index contributed by atoms with van der Waals surface area (Å²) in [5, 5.41) is 0.194. The van der Waals surface area contributed by atoms with Crippen LogP contribution >= 0.6 is 0 Å². The Bertz CT molecular complexity index is 713. The number of unbranched alkanes of at least 4 members (excludes halogenated alkanes) is 3. The number of carbonyl (C=O) groups excluding carboxylic acids is 1. The molecule has 198 valence electrons. The zero-order chi connectivity index (χ0) is 26.5. The highest BCUT2D eigenvalue weighted by molar-refractivity contribution is 6.74. The molecule has 0 aliphatic heterocycles. The second-order valence-electron chi connectivity index (χ2n) is 13.1. The van der Waals surface area contributed by atoms with Crippen molar-refractivity contribution < 1.29 is 18.4 Å². The summed E-state index contributed by atoms with van der Waals surface area (Å²) in [4.78, 5) is 12.1. The Labute approximate surface area is 213 Å². The first kappa shape index (κ1) is 31.3. The van der Waals surface area contributed by atoms with Gasteiger partial charge in [0.05, 0.1) is 12.2 Å². The van der Waals surface area contributed by atoms with Gasteiger partial charge in [0, 0.05) is 19.3 Å². The van der Waals surface area contributed by atoms with E-state index in [1.807, 2.05) is 0 Å². The van der Waals surface area contributed by atoms with E-state index in [4.69, 9.17) is 13.6 Å². The second kappa shape index (κ2) is 12.0. The lowest BCUT2D eigenvalue weighted by molar-refractivity contribution is -0.146. The number of carbonyl (C=O) groups is 1. The molecular formula is C28H54O4Si2. The standard InChI is InChI=1S/C28H54O4Si2/c1-14-15-16-17-18-19-23(30-22(3)29)26-21(2)24(31-33(10,11)27(4,5)6)20-25(26)32-34(12,13)28(7,8)9/h18-19,23-26H,2,14-17,20H2,1,3-13H3/b19-18+/t23-,24-,25+,26-/m0/s1. The van der Waals surface area contributed by atoms with Crippen LogP contribution in [-0.4, -0.2) is 40.9 Å². The number of esters is 1. The summed E-state index contributed by atoms with van der Waals surface area (Å²) in [6, 6.07) is 0. The lowest BCUT2D eigenvalue weighted by atomic mass is 9.94. The van der Waals surface area contributed by atoms with Gasteiger partial charge in [0.15, 0.2) is 16.6 Å². The molecule has 0 bridgehead atoms. The molecule has 0 aromatic heterocycles. The van der Waals surface area contributed by atoms with Gasteiger partial charge in [-0.1, -0.05) is 74.0 Å². The normalized spacial score (nSPS) is 23.5. The summed E-state index contributed by atoms with van der Waals surface area (Å²) in [6.07, 6.45) is 9.01. The van der Waals surface area contributed by atoms with Crippen molar-refractivity contribution >= 4 is 22.6 Å². The van der Waals surface area contributed by atoms with Crippen LogP contribution in [0.15, 0.2) is 24.3 Å². The molecule has 1 saturated carbocycles. The second-order valence-corrected chi connectivity index (χ2v) is 22.6.